The molecule has 3 nitrogen and oxygen atoms in total. The summed E-state index contributed by atoms with van der Waals surface area (Å²) in [6.07, 6.45) is 6.06. The average molecular weight is 268 g/mol. The SMILES string of the molecule is OC[C@@H](c1ccccc1)N1CCC[C@H]1c1cccnc1. The van der Waals surface area contributed by atoms with E-state index in [1.807, 2.05) is 36.7 Å². The Balaban J connectivity index is 1.87. The summed E-state index contributed by atoms with van der Waals surface area (Å²) in [5.41, 5.74) is 2.44. The van der Waals surface area contributed by atoms with Crippen LogP contribution in [0.15, 0.2) is 54.9 Å². The molecule has 0 spiro atoms. The molecular formula is C17H20N2O. The Labute approximate surface area is 119 Å². The van der Waals surface area contributed by atoms with Crippen LogP contribution in [0.25, 0.3) is 0 Å². The molecule has 2 atom stereocenters. The van der Waals surface area contributed by atoms with Gasteiger partial charge < -0.3 is 5.11 Å². The van der Waals surface area contributed by atoms with E-state index in [9.17, 15) is 5.11 Å². The Hall–Kier alpha value is -1.71. The van der Waals surface area contributed by atoms with Crippen LogP contribution in [0, 0.1) is 0 Å². The molecule has 1 aliphatic heterocycles. The van der Waals surface area contributed by atoms with Crippen LogP contribution in [-0.2, 0) is 0 Å². The van der Waals surface area contributed by atoms with E-state index in [-0.39, 0.29) is 12.6 Å². The van der Waals surface area contributed by atoms with E-state index in [1.165, 1.54) is 17.5 Å². The number of hydrogen-bond acceptors (Lipinski definition) is 3. The van der Waals surface area contributed by atoms with Crippen molar-refractivity contribution < 1.29 is 5.11 Å². The van der Waals surface area contributed by atoms with E-state index in [0.29, 0.717) is 6.04 Å². The van der Waals surface area contributed by atoms with Gasteiger partial charge in [0, 0.05) is 18.4 Å². The number of hydrogen-bond donors (Lipinski definition) is 1. The third kappa shape index (κ3) is 2.60. The molecule has 0 aliphatic carbocycles. The highest BCUT2D eigenvalue weighted by Gasteiger charge is 2.32. The zero-order valence-electron chi connectivity index (χ0n) is 11.5. The van der Waals surface area contributed by atoms with Crippen molar-refractivity contribution >= 4 is 0 Å². The topological polar surface area (TPSA) is 36.4 Å². The van der Waals surface area contributed by atoms with Crippen molar-refractivity contribution in [2.75, 3.05) is 13.2 Å². The summed E-state index contributed by atoms with van der Waals surface area (Å²) in [7, 11) is 0. The average Bonchev–Trinajstić information content (AvgIpc) is 2.99. The van der Waals surface area contributed by atoms with Crippen LogP contribution in [0.4, 0.5) is 0 Å². The molecule has 3 rings (SSSR count). The van der Waals surface area contributed by atoms with Gasteiger partial charge in [0.05, 0.1) is 12.6 Å². The number of aliphatic hydroxyl groups is 1. The third-order valence-electron chi connectivity index (χ3n) is 4.12. The van der Waals surface area contributed by atoms with Crippen LogP contribution in [0.1, 0.15) is 36.1 Å². The minimum atomic E-state index is 0.0731. The lowest BCUT2D eigenvalue weighted by atomic mass is 10.0. The summed E-state index contributed by atoms with van der Waals surface area (Å²) in [4.78, 5) is 6.64. The van der Waals surface area contributed by atoms with Gasteiger partial charge in [-0.1, -0.05) is 36.4 Å². The Morgan fingerprint density at radius 2 is 2.05 bits per heavy atom. The van der Waals surface area contributed by atoms with Gasteiger partial charge in [0.2, 0.25) is 0 Å². The second kappa shape index (κ2) is 6.16. The highest BCUT2D eigenvalue weighted by Crippen LogP contribution is 2.38. The van der Waals surface area contributed by atoms with Crippen molar-refractivity contribution in [3.8, 4) is 0 Å². The fraction of sp³-hybridized carbons (Fsp3) is 0.353. The summed E-state index contributed by atoms with van der Waals surface area (Å²) in [5.74, 6) is 0. The van der Waals surface area contributed by atoms with Gasteiger partial charge >= 0.3 is 0 Å². The summed E-state index contributed by atoms with van der Waals surface area (Å²) in [6.45, 7) is 1.18. The Kier molecular flexibility index (Phi) is 4.09. The van der Waals surface area contributed by atoms with E-state index in [2.05, 4.69) is 28.1 Å². The zero-order chi connectivity index (χ0) is 13.8. The quantitative estimate of drug-likeness (QED) is 0.926. The van der Waals surface area contributed by atoms with Gasteiger partial charge in [-0.05, 0) is 36.6 Å². The Morgan fingerprint density at radius 3 is 2.75 bits per heavy atom. The lowest BCUT2D eigenvalue weighted by Crippen LogP contribution is -2.30. The summed E-state index contributed by atoms with van der Waals surface area (Å²) < 4.78 is 0. The van der Waals surface area contributed by atoms with E-state index < -0.39 is 0 Å². The number of rotatable bonds is 4. The first-order valence-corrected chi connectivity index (χ1v) is 7.21. The van der Waals surface area contributed by atoms with Crippen molar-refractivity contribution in [3.63, 3.8) is 0 Å². The van der Waals surface area contributed by atoms with E-state index >= 15 is 0 Å². The minimum Gasteiger partial charge on any atom is -0.394 e. The highest BCUT2D eigenvalue weighted by molar-refractivity contribution is 5.22. The van der Waals surface area contributed by atoms with Crippen LogP contribution in [0.3, 0.4) is 0 Å². The first-order valence-electron chi connectivity index (χ1n) is 7.21. The number of aromatic nitrogens is 1. The second-order valence-corrected chi connectivity index (χ2v) is 5.29. The summed E-state index contributed by atoms with van der Waals surface area (Å²) >= 11 is 0. The maximum atomic E-state index is 9.85. The van der Waals surface area contributed by atoms with Gasteiger partial charge in [0.25, 0.3) is 0 Å². The molecule has 1 saturated heterocycles. The molecule has 2 heterocycles. The molecule has 0 radical (unpaired) electrons. The Bertz CT molecular complexity index is 529. The molecule has 1 fully saturated rings. The lowest BCUT2D eigenvalue weighted by molar-refractivity contribution is 0.112. The van der Waals surface area contributed by atoms with Crippen LogP contribution < -0.4 is 0 Å². The van der Waals surface area contributed by atoms with E-state index in [0.717, 1.165) is 13.0 Å². The van der Waals surface area contributed by atoms with E-state index in [4.69, 9.17) is 0 Å². The fourth-order valence-corrected chi connectivity index (χ4v) is 3.17. The number of benzene rings is 1. The first-order chi connectivity index (χ1) is 9.90. The van der Waals surface area contributed by atoms with Crippen molar-refractivity contribution in [1.29, 1.82) is 0 Å². The number of nitrogens with zero attached hydrogens (tertiary/aromatic N) is 2. The van der Waals surface area contributed by atoms with E-state index in [1.54, 1.807) is 0 Å². The molecule has 0 bridgehead atoms. The van der Waals surface area contributed by atoms with Crippen molar-refractivity contribution in [3.05, 3.63) is 66.0 Å². The molecule has 1 aromatic carbocycles. The second-order valence-electron chi connectivity index (χ2n) is 5.29. The van der Waals surface area contributed by atoms with Crippen molar-refractivity contribution in [2.45, 2.75) is 24.9 Å². The van der Waals surface area contributed by atoms with Crippen LogP contribution >= 0.6 is 0 Å². The van der Waals surface area contributed by atoms with Crippen LogP contribution in [-0.4, -0.2) is 28.1 Å². The van der Waals surface area contributed by atoms with Gasteiger partial charge in [-0.25, -0.2) is 0 Å². The van der Waals surface area contributed by atoms with Gasteiger partial charge in [0.1, 0.15) is 0 Å². The number of aliphatic hydroxyl groups excluding tert-OH is 1. The highest BCUT2D eigenvalue weighted by atomic mass is 16.3. The molecule has 104 valence electrons. The number of pyridine rings is 1. The normalized spacial score (nSPS) is 20.9. The smallest absolute Gasteiger partial charge is 0.0628 e. The Morgan fingerprint density at radius 1 is 1.20 bits per heavy atom. The lowest BCUT2D eigenvalue weighted by Gasteiger charge is -2.32. The molecule has 0 saturated carbocycles. The molecule has 0 unspecified atom stereocenters. The molecule has 20 heavy (non-hydrogen) atoms. The fourth-order valence-electron chi connectivity index (χ4n) is 3.17. The molecule has 1 aliphatic rings. The predicted octanol–water partition coefficient (Wildman–Crippen LogP) is 2.95. The molecule has 1 aromatic heterocycles. The van der Waals surface area contributed by atoms with Gasteiger partial charge in [-0.15, -0.1) is 0 Å². The molecule has 3 heteroatoms. The maximum absolute atomic E-state index is 9.85. The van der Waals surface area contributed by atoms with Crippen molar-refractivity contribution in [1.82, 2.24) is 9.88 Å². The molecule has 2 aromatic rings. The van der Waals surface area contributed by atoms with Crippen LogP contribution in [0.5, 0.6) is 0 Å². The predicted molar refractivity (Wildman–Crippen MR) is 79.2 cm³/mol. The zero-order valence-corrected chi connectivity index (χ0v) is 11.5. The summed E-state index contributed by atoms with van der Waals surface area (Å²) in [5, 5.41) is 9.85. The minimum absolute atomic E-state index is 0.0731. The summed E-state index contributed by atoms with van der Waals surface area (Å²) in [6, 6.07) is 14.8. The van der Waals surface area contributed by atoms with Gasteiger partial charge in [0.15, 0.2) is 0 Å². The largest absolute Gasteiger partial charge is 0.394 e. The van der Waals surface area contributed by atoms with Crippen molar-refractivity contribution in [2.24, 2.45) is 0 Å². The molecule has 1 N–H and O–H groups in total. The van der Waals surface area contributed by atoms with Gasteiger partial charge in [-0.3, -0.25) is 9.88 Å². The number of likely N-dealkylation sites (tertiary alicyclic amines) is 1. The monoisotopic (exact) mass is 268 g/mol. The first kappa shape index (κ1) is 13.3. The standard InChI is InChI=1S/C17H20N2O/c20-13-17(14-6-2-1-3-7-14)19-11-5-9-16(19)15-8-4-10-18-12-15/h1-4,6-8,10,12,16-17,20H,5,9,11,13H2/t16-,17-/m0/s1. The molecule has 0 amide bonds. The maximum Gasteiger partial charge on any atom is 0.0628 e. The third-order valence-corrected chi connectivity index (χ3v) is 4.12. The molecular weight excluding hydrogens is 248 g/mol. The van der Waals surface area contributed by atoms with Gasteiger partial charge in [-0.2, -0.15) is 0 Å². The van der Waals surface area contributed by atoms with Crippen LogP contribution in [0.2, 0.25) is 0 Å².